The van der Waals surface area contributed by atoms with Crippen molar-refractivity contribution in [2.75, 3.05) is 32.8 Å². The van der Waals surface area contributed by atoms with Crippen molar-refractivity contribution >= 4 is 0 Å². The predicted molar refractivity (Wildman–Crippen MR) is 84.0 cm³/mol. The second-order valence-electron chi connectivity index (χ2n) is 6.98. The molecule has 3 unspecified atom stereocenters. The van der Waals surface area contributed by atoms with Crippen molar-refractivity contribution in [3.05, 3.63) is 0 Å². The van der Waals surface area contributed by atoms with Crippen LogP contribution in [0.25, 0.3) is 0 Å². The van der Waals surface area contributed by atoms with E-state index in [-0.39, 0.29) is 12.6 Å². The van der Waals surface area contributed by atoms with Crippen LogP contribution >= 0.6 is 0 Å². The van der Waals surface area contributed by atoms with E-state index < -0.39 is 0 Å². The van der Waals surface area contributed by atoms with Crippen LogP contribution in [0.4, 0.5) is 0 Å². The maximum Gasteiger partial charge on any atom is 0.0585 e. The largest absolute Gasteiger partial charge is 0.395 e. The molecule has 4 heteroatoms. The van der Waals surface area contributed by atoms with E-state index in [1.54, 1.807) is 0 Å². The molecule has 2 aliphatic heterocycles. The van der Waals surface area contributed by atoms with Gasteiger partial charge < -0.3 is 10.4 Å². The summed E-state index contributed by atoms with van der Waals surface area (Å²) in [7, 11) is 0. The summed E-state index contributed by atoms with van der Waals surface area (Å²) < 4.78 is 0. The first-order valence-corrected chi connectivity index (χ1v) is 8.45. The van der Waals surface area contributed by atoms with Gasteiger partial charge in [-0.05, 0) is 32.7 Å². The van der Waals surface area contributed by atoms with Crippen LogP contribution < -0.4 is 5.32 Å². The van der Waals surface area contributed by atoms with Gasteiger partial charge >= 0.3 is 0 Å². The van der Waals surface area contributed by atoms with Crippen molar-refractivity contribution in [1.82, 2.24) is 15.1 Å². The van der Waals surface area contributed by atoms with Crippen molar-refractivity contribution in [2.45, 2.75) is 70.6 Å². The van der Waals surface area contributed by atoms with Crippen LogP contribution in [-0.4, -0.2) is 71.9 Å². The fourth-order valence-corrected chi connectivity index (χ4v) is 3.74. The molecular formula is C16H33N3O. The molecule has 0 aromatic rings. The Bertz CT molecular complexity index is 285. The van der Waals surface area contributed by atoms with Gasteiger partial charge in [0.05, 0.1) is 6.61 Å². The summed E-state index contributed by atoms with van der Waals surface area (Å²) in [4.78, 5) is 5.33. The lowest BCUT2D eigenvalue weighted by Crippen LogP contribution is -2.59. The quantitative estimate of drug-likeness (QED) is 0.770. The second-order valence-corrected chi connectivity index (χ2v) is 6.98. The minimum atomic E-state index is 0.242. The standard InChI is InChI=1S/C16H33N3O/c1-13(2)17-15(12-20)7-9-18-11-16-6-4-5-8-19(16)10-14(18)3/h13-17,20H,4-12H2,1-3H3. The van der Waals surface area contributed by atoms with Crippen LogP contribution in [-0.2, 0) is 0 Å². The predicted octanol–water partition coefficient (Wildman–Crippen LogP) is 1.29. The molecule has 2 rings (SSSR count). The molecule has 0 aromatic heterocycles. The Morgan fingerprint density at radius 1 is 1.25 bits per heavy atom. The summed E-state index contributed by atoms with van der Waals surface area (Å²) in [5.41, 5.74) is 0. The molecule has 0 amide bonds. The van der Waals surface area contributed by atoms with Crippen LogP contribution in [0.15, 0.2) is 0 Å². The second kappa shape index (κ2) is 7.74. The molecule has 4 nitrogen and oxygen atoms in total. The number of piperidine rings is 1. The lowest BCUT2D eigenvalue weighted by atomic mass is 9.97. The highest BCUT2D eigenvalue weighted by Gasteiger charge is 2.32. The average Bonchev–Trinajstić information content (AvgIpc) is 2.43. The van der Waals surface area contributed by atoms with Crippen LogP contribution in [0.3, 0.4) is 0 Å². The third-order valence-electron chi connectivity index (χ3n) is 4.87. The van der Waals surface area contributed by atoms with E-state index in [1.807, 2.05) is 0 Å². The van der Waals surface area contributed by atoms with E-state index in [4.69, 9.17) is 0 Å². The molecule has 0 aliphatic carbocycles. The van der Waals surface area contributed by atoms with E-state index in [0.29, 0.717) is 12.1 Å². The molecule has 2 aliphatic rings. The van der Waals surface area contributed by atoms with Crippen molar-refractivity contribution < 1.29 is 5.11 Å². The number of rotatable bonds is 6. The molecule has 2 saturated heterocycles. The number of aliphatic hydroxyl groups excluding tert-OH is 1. The molecule has 20 heavy (non-hydrogen) atoms. The number of hydrogen-bond acceptors (Lipinski definition) is 4. The van der Waals surface area contributed by atoms with Gasteiger partial charge in [-0.25, -0.2) is 0 Å². The van der Waals surface area contributed by atoms with Crippen molar-refractivity contribution in [1.29, 1.82) is 0 Å². The van der Waals surface area contributed by atoms with Crippen LogP contribution in [0.5, 0.6) is 0 Å². The third kappa shape index (κ3) is 4.42. The van der Waals surface area contributed by atoms with Crippen molar-refractivity contribution in [2.24, 2.45) is 0 Å². The number of fused-ring (bicyclic) bond motifs is 1. The fraction of sp³-hybridized carbons (Fsp3) is 1.00. The van der Waals surface area contributed by atoms with Gasteiger partial charge in [0.25, 0.3) is 0 Å². The first-order chi connectivity index (χ1) is 9.60. The van der Waals surface area contributed by atoms with E-state index >= 15 is 0 Å². The molecular weight excluding hydrogens is 250 g/mol. The first kappa shape index (κ1) is 16.2. The maximum absolute atomic E-state index is 9.47. The van der Waals surface area contributed by atoms with Crippen LogP contribution in [0.2, 0.25) is 0 Å². The summed E-state index contributed by atoms with van der Waals surface area (Å²) in [6.07, 6.45) is 5.20. The Kier molecular flexibility index (Phi) is 6.27. The highest BCUT2D eigenvalue weighted by molar-refractivity contribution is 4.89. The molecule has 118 valence electrons. The number of hydrogen-bond donors (Lipinski definition) is 2. The van der Waals surface area contributed by atoms with E-state index in [1.165, 1.54) is 38.9 Å². The van der Waals surface area contributed by atoms with E-state index in [9.17, 15) is 5.11 Å². The van der Waals surface area contributed by atoms with E-state index in [2.05, 4.69) is 35.9 Å². The lowest BCUT2D eigenvalue weighted by molar-refractivity contribution is 0.0126. The Balaban J connectivity index is 1.79. The highest BCUT2D eigenvalue weighted by Crippen LogP contribution is 2.24. The minimum Gasteiger partial charge on any atom is -0.395 e. The van der Waals surface area contributed by atoms with Crippen molar-refractivity contribution in [3.8, 4) is 0 Å². The van der Waals surface area contributed by atoms with Gasteiger partial charge in [0, 0.05) is 43.8 Å². The Morgan fingerprint density at radius 2 is 2.05 bits per heavy atom. The van der Waals surface area contributed by atoms with Gasteiger partial charge in [0.15, 0.2) is 0 Å². The minimum absolute atomic E-state index is 0.242. The Labute approximate surface area is 124 Å². The zero-order chi connectivity index (χ0) is 14.5. The van der Waals surface area contributed by atoms with Gasteiger partial charge in [-0.3, -0.25) is 9.80 Å². The molecule has 0 radical (unpaired) electrons. The average molecular weight is 283 g/mol. The number of nitrogens with one attached hydrogen (secondary N) is 1. The van der Waals surface area contributed by atoms with Gasteiger partial charge in [-0.15, -0.1) is 0 Å². The summed E-state index contributed by atoms with van der Waals surface area (Å²) in [6.45, 7) is 11.8. The summed E-state index contributed by atoms with van der Waals surface area (Å²) >= 11 is 0. The molecule has 2 heterocycles. The van der Waals surface area contributed by atoms with Gasteiger partial charge in [-0.2, -0.15) is 0 Å². The fourth-order valence-electron chi connectivity index (χ4n) is 3.74. The first-order valence-electron chi connectivity index (χ1n) is 8.45. The zero-order valence-corrected chi connectivity index (χ0v) is 13.5. The SMILES string of the molecule is CC(C)NC(CO)CCN1CC2CCCCN2CC1C. The number of piperazine rings is 1. The zero-order valence-electron chi connectivity index (χ0n) is 13.5. The normalized spacial score (nSPS) is 30.4. The smallest absolute Gasteiger partial charge is 0.0585 e. The van der Waals surface area contributed by atoms with Gasteiger partial charge in [0.1, 0.15) is 0 Å². The van der Waals surface area contributed by atoms with Gasteiger partial charge in [0.2, 0.25) is 0 Å². The van der Waals surface area contributed by atoms with Crippen LogP contribution in [0, 0.1) is 0 Å². The lowest BCUT2D eigenvalue weighted by Gasteiger charge is -2.47. The number of nitrogens with zero attached hydrogens (tertiary/aromatic N) is 2. The van der Waals surface area contributed by atoms with E-state index in [0.717, 1.165) is 19.0 Å². The monoisotopic (exact) mass is 283 g/mol. The summed E-state index contributed by atoms with van der Waals surface area (Å²) in [5, 5.41) is 12.9. The maximum atomic E-state index is 9.47. The molecule has 2 N–H and O–H groups in total. The number of aliphatic hydroxyl groups is 1. The molecule has 0 saturated carbocycles. The Hall–Kier alpha value is -0.160. The van der Waals surface area contributed by atoms with Crippen molar-refractivity contribution in [3.63, 3.8) is 0 Å². The molecule has 2 fully saturated rings. The summed E-state index contributed by atoms with van der Waals surface area (Å²) in [5.74, 6) is 0. The van der Waals surface area contributed by atoms with Gasteiger partial charge in [-0.1, -0.05) is 20.3 Å². The molecule has 3 atom stereocenters. The molecule has 0 aromatic carbocycles. The topological polar surface area (TPSA) is 38.7 Å². The molecule has 0 spiro atoms. The highest BCUT2D eigenvalue weighted by atomic mass is 16.3. The Morgan fingerprint density at radius 3 is 2.75 bits per heavy atom. The third-order valence-corrected chi connectivity index (χ3v) is 4.87. The molecule has 0 bridgehead atoms. The summed E-state index contributed by atoms with van der Waals surface area (Å²) in [6, 6.07) is 2.12. The van der Waals surface area contributed by atoms with Crippen LogP contribution in [0.1, 0.15) is 46.5 Å².